The molecule has 0 saturated heterocycles. The number of thiophene rings is 1. The molecule has 3 heterocycles. The number of aromatic carboxylic acids is 1. The number of hydrogen-bond donors (Lipinski definition) is 2. The molecule has 0 bridgehead atoms. The number of ether oxygens (including phenoxy) is 1. The molecule has 1 aliphatic rings. The van der Waals surface area contributed by atoms with Crippen molar-refractivity contribution in [1.82, 2.24) is 9.97 Å². The average Bonchev–Trinajstić information content (AvgIpc) is 3.09. The van der Waals surface area contributed by atoms with Gasteiger partial charge in [-0.1, -0.05) is 6.07 Å². The number of nitrogens with zero attached hydrogens (tertiary/aromatic N) is 3. The number of carbonyl (C=O) groups excluding carboxylic acids is 1. The number of carbonyl (C=O) groups is 2. The summed E-state index contributed by atoms with van der Waals surface area (Å²) in [4.78, 5) is 34.4. The topological polar surface area (TPSA) is 105 Å². The van der Waals surface area contributed by atoms with Crippen molar-refractivity contribution in [1.29, 1.82) is 0 Å². The highest BCUT2D eigenvalue weighted by molar-refractivity contribution is 7.21. The van der Waals surface area contributed by atoms with Crippen molar-refractivity contribution in [3.8, 4) is 11.5 Å². The zero-order valence-corrected chi connectivity index (χ0v) is 15.8. The van der Waals surface area contributed by atoms with Gasteiger partial charge in [-0.2, -0.15) is 0 Å². The van der Waals surface area contributed by atoms with Gasteiger partial charge in [-0.05, 0) is 36.4 Å². The number of rotatable bonds is 4. The van der Waals surface area contributed by atoms with E-state index >= 15 is 0 Å². The van der Waals surface area contributed by atoms with Gasteiger partial charge in [-0.25, -0.2) is 28.8 Å². The third-order valence-corrected chi connectivity index (χ3v) is 5.52. The van der Waals surface area contributed by atoms with Crippen molar-refractivity contribution < 1.29 is 23.8 Å². The molecule has 0 unspecified atom stereocenters. The van der Waals surface area contributed by atoms with E-state index in [0.717, 1.165) is 11.3 Å². The molecule has 148 valence electrons. The van der Waals surface area contributed by atoms with Crippen LogP contribution in [0.5, 0.6) is 11.5 Å². The fraction of sp³-hybridized carbons (Fsp3) is 0. The first-order valence-corrected chi connectivity index (χ1v) is 9.48. The Morgan fingerprint density at radius 1 is 1.13 bits per heavy atom. The highest BCUT2D eigenvalue weighted by atomic mass is 32.1. The maximum Gasteiger partial charge on any atom is 0.348 e. The average molecular weight is 422 g/mol. The molecule has 0 radical (unpaired) electrons. The summed E-state index contributed by atoms with van der Waals surface area (Å²) in [6.45, 7) is 0. The van der Waals surface area contributed by atoms with E-state index in [1.807, 2.05) is 0 Å². The van der Waals surface area contributed by atoms with Gasteiger partial charge in [0.25, 0.3) is 0 Å². The van der Waals surface area contributed by atoms with Crippen LogP contribution in [0.25, 0.3) is 10.2 Å². The molecule has 2 aromatic heterocycles. The van der Waals surface area contributed by atoms with Crippen LogP contribution in [0.3, 0.4) is 0 Å². The molecule has 0 aliphatic carbocycles. The number of halogens is 1. The minimum absolute atomic E-state index is 0.00130. The van der Waals surface area contributed by atoms with Crippen molar-refractivity contribution >= 4 is 50.7 Å². The van der Waals surface area contributed by atoms with E-state index in [2.05, 4.69) is 15.3 Å². The highest BCUT2D eigenvalue weighted by Gasteiger charge is 2.33. The Kier molecular flexibility index (Phi) is 4.07. The van der Waals surface area contributed by atoms with Crippen LogP contribution in [0.1, 0.15) is 9.67 Å². The number of benzene rings is 2. The van der Waals surface area contributed by atoms with Crippen LogP contribution in [0, 0.1) is 5.82 Å². The van der Waals surface area contributed by atoms with Crippen LogP contribution < -0.4 is 15.0 Å². The Labute approximate surface area is 172 Å². The van der Waals surface area contributed by atoms with Crippen LogP contribution in [0.15, 0.2) is 54.9 Å². The Morgan fingerprint density at radius 2 is 1.93 bits per heavy atom. The summed E-state index contributed by atoms with van der Waals surface area (Å²) < 4.78 is 18.9. The van der Waals surface area contributed by atoms with Crippen molar-refractivity contribution in [2.75, 3.05) is 10.2 Å². The quantitative estimate of drug-likeness (QED) is 0.479. The zero-order valence-electron chi connectivity index (χ0n) is 15.0. The number of urea groups is 1. The van der Waals surface area contributed by atoms with E-state index in [1.165, 1.54) is 23.4 Å². The smallest absolute Gasteiger partial charge is 0.348 e. The molecule has 0 spiro atoms. The number of aromatic nitrogens is 2. The molecule has 8 nitrogen and oxygen atoms in total. The summed E-state index contributed by atoms with van der Waals surface area (Å²) in [5, 5.41) is 12.5. The van der Waals surface area contributed by atoms with Gasteiger partial charge >= 0.3 is 12.0 Å². The van der Waals surface area contributed by atoms with E-state index < -0.39 is 17.8 Å². The third-order valence-electron chi connectivity index (χ3n) is 4.44. The molecule has 30 heavy (non-hydrogen) atoms. The van der Waals surface area contributed by atoms with E-state index in [9.17, 15) is 19.1 Å². The number of hydrogen-bond acceptors (Lipinski definition) is 6. The lowest BCUT2D eigenvalue weighted by molar-refractivity contribution is 0.0703. The summed E-state index contributed by atoms with van der Waals surface area (Å²) in [5.74, 6) is -0.457. The number of carboxylic acids is 1. The van der Waals surface area contributed by atoms with E-state index in [0.29, 0.717) is 33.2 Å². The highest BCUT2D eigenvalue weighted by Crippen LogP contribution is 2.44. The molecule has 0 fully saturated rings. The standard InChI is InChI=1S/C20H11FN4O4S/c21-10-2-1-3-13(8-10)29-12-6-4-11(5-7-12)25-17-14-15(24-20(25)28)16(19(26)27)30-18(14)23-9-22-17/h1-9H,(H,24,28)(H,26,27). The van der Waals surface area contributed by atoms with E-state index in [-0.39, 0.29) is 10.6 Å². The Balaban J connectivity index is 1.52. The van der Waals surface area contributed by atoms with E-state index in [1.54, 1.807) is 36.4 Å². The van der Waals surface area contributed by atoms with Crippen molar-refractivity contribution in [3.63, 3.8) is 0 Å². The molecular weight excluding hydrogens is 411 g/mol. The van der Waals surface area contributed by atoms with Gasteiger partial charge in [0.1, 0.15) is 33.4 Å². The largest absolute Gasteiger partial charge is 0.477 e. The minimum atomic E-state index is -1.15. The predicted octanol–water partition coefficient (Wildman–Crippen LogP) is 5.00. The SMILES string of the molecule is O=C(O)c1sc2ncnc3c2c1NC(=O)N3c1ccc(Oc2cccc(F)c2)cc1. The molecule has 5 rings (SSSR count). The lowest BCUT2D eigenvalue weighted by atomic mass is 10.2. The van der Waals surface area contributed by atoms with Crippen LogP contribution in [-0.4, -0.2) is 27.1 Å². The van der Waals surface area contributed by atoms with Gasteiger partial charge in [0.15, 0.2) is 5.82 Å². The van der Waals surface area contributed by atoms with Gasteiger partial charge in [0.05, 0.1) is 16.8 Å². The summed E-state index contributed by atoms with van der Waals surface area (Å²) in [6, 6.07) is 11.8. The van der Waals surface area contributed by atoms with E-state index in [4.69, 9.17) is 4.74 Å². The Bertz CT molecular complexity index is 1320. The minimum Gasteiger partial charge on any atom is -0.477 e. The second kappa shape index (κ2) is 6.78. The Hall–Kier alpha value is -4.05. The van der Waals surface area contributed by atoms with Crippen LogP contribution >= 0.6 is 11.3 Å². The summed E-state index contributed by atoms with van der Waals surface area (Å²) in [6.07, 6.45) is 1.29. The third kappa shape index (κ3) is 2.90. The predicted molar refractivity (Wildman–Crippen MR) is 108 cm³/mol. The monoisotopic (exact) mass is 422 g/mol. The van der Waals surface area contributed by atoms with Crippen LogP contribution in [0.4, 0.5) is 26.4 Å². The molecule has 2 N–H and O–H groups in total. The number of nitrogens with one attached hydrogen (secondary N) is 1. The Morgan fingerprint density at radius 3 is 2.67 bits per heavy atom. The van der Waals surface area contributed by atoms with Gasteiger partial charge in [0, 0.05) is 6.07 Å². The number of amides is 2. The van der Waals surface area contributed by atoms with Crippen molar-refractivity contribution in [2.24, 2.45) is 0 Å². The first kappa shape index (κ1) is 18.0. The molecule has 2 aromatic carbocycles. The first-order valence-electron chi connectivity index (χ1n) is 8.66. The van der Waals surface area contributed by atoms with Gasteiger partial charge in [0.2, 0.25) is 0 Å². The maximum atomic E-state index is 13.3. The number of anilines is 3. The summed E-state index contributed by atoms with van der Waals surface area (Å²) >= 11 is 0.972. The summed E-state index contributed by atoms with van der Waals surface area (Å²) in [7, 11) is 0. The fourth-order valence-corrected chi connectivity index (χ4v) is 4.12. The van der Waals surface area contributed by atoms with Gasteiger partial charge < -0.3 is 15.2 Å². The van der Waals surface area contributed by atoms with Crippen LogP contribution in [0.2, 0.25) is 0 Å². The lowest BCUT2D eigenvalue weighted by Crippen LogP contribution is -2.34. The fourth-order valence-electron chi connectivity index (χ4n) is 3.19. The summed E-state index contributed by atoms with van der Waals surface area (Å²) in [5.41, 5.74) is 0.693. The molecule has 2 amide bonds. The van der Waals surface area contributed by atoms with Crippen molar-refractivity contribution in [3.05, 3.63) is 65.6 Å². The zero-order chi connectivity index (χ0) is 20.8. The molecule has 10 heteroatoms. The molecule has 1 aliphatic heterocycles. The molecule has 0 atom stereocenters. The van der Waals surface area contributed by atoms with Crippen molar-refractivity contribution in [2.45, 2.75) is 0 Å². The second-order valence-electron chi connectivity index (χ2n) is 6.31. The molecule has 4 aromatic rings. The second-order valence-corrected chi connectivity index (χ2v) is 7.31. The lowest BCUT2D eigenvalue weighted by Gasteiger charge is -2.27. The first-order chi connectivity index (χ1) is 14.5. The normalized spacial score (nSPS) is 12.7. The molecular formula is C20H11FN4O4S. The van der Waals surface area contributed by atoms with Gasteiger partial charge in [-0.3, -0.25) is 0 Å². The van der Waals surface area contributed by atoms with Gasteiger partial charge in [-0.15, -0.1) is 11.3 Å². The molecule has 0 saturated carbocycles. The van der Waals surface area contributed by atoms with Crippen LogP contribution in [-0.2, 0) is 0 Å². The number of carboxylic acid groups (broad SMARTS) is 1. The maximum absolute atomic E-state index is 13.3.